The number of hydrogen-bond donors (Lipinski definition) is 0. The van der Waals surface area contributed by atoms with E-state index in [2.05, 4.69) is 15.0 Å². The lowest BCUT2D eigenvalue weighted by Gasteiger charge is -2.13. The Morgan fingerprint density at radius 3 is 2.50 bits per heavy atom. The van der Waals surface area contributed by atoms with E-state index in [1.807, 2.05) is 6.92 Å². The molecule has 1 heterocycles. The average molecular weight is 225 g/mol. The maximum Gasteiger partial charge on any atom is 0.330 e. The van der Waals surface area contributed by atoms with Crippen molar-refractivity contribution in [2.45, 2.75) is 33.2 Å². The largest absolute Gasteiger partial charge is 0.467 e. The van der Waals surface area contributed by atoms with Gasteiger partial charge in [-0.15, -0.1) is 5.10 Å². The highest BCUT2D eigenvalue weighted by atomic mass is 16.5. The number of rotatable bonds is 4. The number of hydrogen-bond acceptors (Lipinski definition) is 5. The number of esters is 1. The monoisotopic (exact) mass is 225 g/mol. The minimum absolute atomic E-state index is 0.163. The van der Waals surface area contributed by atoms with E-state index in [9.17, 15) is 9.59 Å². The zero-order valence-electron chi connectivity index (χ0n) is 9.85. The fourth-order valence-electron chi connectivity index (χ4n) is 1.54. The number of nitrogens with zero attached hydrogens (tertiary/aromatic N) is 3. The highest BCUT2D eigenvalue weighted by Crippen LogP contribution is 2.16. The van der Waals surface area contributed by atoms with Crippen molar-refractivity contribution in [2.24, 2.45) is 0 Å². The van der Waals surface area contributed by atoms with Crippen molar-refractivity contribution >= 4 is 11.8 Å². The summed E-state index contributed by atoms with van der Waals surface area (Å²) >= 11 is 0. The van der Waals surface area contributed by atoms with E-state index in [0.717, 1.165) is 0 Å². The molecular weight excluding hydrogens is 210 g/mol. The van der Waals surface area contributed by atoms with E-state index in [4.69, 9.17) is 0 Å². The zero-order chi connectivity index (χ0) is 12.3. The van der Waals surface area contributed by atoms with Crippen LogP contribution in [0.15, 0.2) is 0 Å². The van der Waals surface area contributed by atoms with Gasteiger partial charge in [0.15, 0.2) is 17.5 Å². The van der Waals surface area contributed by atoms with Gasteiger partial charge in [-0.3, -0.25) is 4.79 Å². The van der Waals surface area contributed by atoms with Crippen LogP contribution in [0.1, 0.15) is 42.5 Å². The number of methoxy groups -OCH3 is 1. The van der Waals surface area contributed by atoms with Gasteiger partial charge in [-0.25, -0.2) is 9.48 Å². The van der Waals surface area contributed by atoms with E-state index in [1.165, 1.54) is 18.7 Å². The van der Waals surface area contributed by atoms with Gasteiger partial charge in [0.2, 0.25) is 0 Å². The van der Waals surface area contributed by atoms with Gasteiger partial charge in [0.05, 0.1) is 12.8 Å². The average Bonchev–Trinajstić information content (AvgIpc) is 2.62. The summed E-state index contributed by atoms with van der Waals surface area (Å²) in [6.07, 6.45) is 0.536. The van der Waals surface area contributed by atoms with E-state index in [0.29, 0.717) is 17.8 Å². The number of ether oxygens (including phenoxy) is 1. The molecule has 0 aromatic carbocycles. The van der Waals surface area contributed by atoms with Gasteiger partial charge in [0.1, 0.15) is 0 Å². The smallest absolute Gasteiger partial charge is 0.330 e. The van der Waals surface area contributed by atoms with Crippen molar-refractivity contribution in [1.82, 2.24) is 15.0 Å². The number of carbonyl (C=O) groups is 2. The lowest BCUT2D eigenvalue weighted by Crippen LogP contribution is -2.22. The summed E-state index contributed by atoms with van der Waals surface area (Å²) in [4.78, 5) is 22.7. The van der Waals surface area contributed by atoms with Gasteiger partial charge in [-0.2, -0.15) is 0 Å². The minimum atomic E-state index is -0.523. The summed E-state index contributed by atoms with van der Waals surface area (Å²) in [5.41, 5.74) is 0.882. The molecular formula is C10H15N3O3. The Hall–Kier alpha value is -1.72. The van der Waals surface area contributed by atoms with E-state index >= 15 is 0 Å². The molecule has 0 fully saturated rings. The van der Waals surface area contributed by atoms with Crippen molar-refractivity contribution in [3.05, 3.63) is 11.4 Å². The Balaban J connectivity index is 3.12. The van der Waals surface area contributed by atoms with E-state index in [-0.39, 0.29) is 11.8 Å². The zero-order valence-corrected chi connectivity index (χ0v) is 9.85. The van der Waals surface area contributed by atoms with Crippen LogP contribution in [0.3, 0.4) is 0 Å². The summed E-state index contributed by atoms with van der Waals surface area (Å²) < 4.78 is 6.10. The second kappa shape index (κ2) is 4.87. The van der Waals surface area contributed by atoms with Crippen molar-refractivity contribution < 1.29 is 14.3 Å². The molecule has 1 aromatic rings. The third-order valence-corrected chi connectivity index (χ3v) is 2.42. The first kappa shape index (κ1) is 12.4. The minimum Gasteiger partial charge on any atom is -0.467 e. The molecule has 0 aliphatic heterocycles. The number of Topliss-reactive ketones (excluding diaryl/α,β-unsaturated/α-hetero) is 1. The molecule has 0 aliphatic rings. The SMILES string of the molecule is CCC(C(=O)OC)n1nnc(C(C)=O)c1C. The van der Waals surface area contributed by atoms with Gasteiger partial charge in [0.25, 0.3) is 0 Å². The van der Waals surface area contributed by atoms with Crippen molar-refractivity contribution in [3.8, 4) is 0 Å². The number of aromatic nitrogens is 3. The van der Waals surface area contributed by atoms with Crippen molar-refractivity contribution in [2.75, 3.05) is 7.11 Å². The molecule has 1 aromatic heterocycles. The predicted molar refractivity (Wildman–Crippen MR) is 56.1 cm³/mol. The predicted octanol–water partition coefficient (Wildman–Crippen LogP) is 0.913. The highest BCUT2D eigenvalue weighted by molar-refractivity contribution is 5.93. The summed E-state index contributed by atoms with van der Waals surface area (Å²) in [7, 11) is 1.32. The van der Waals surface area contributed by atoms with Gasteiger partial charge in [-0.05, 0) is 13.3 Å². The third-order valence-electron chi connectivity index (χ3n) is 2.42. The Kier molecular flexibility index (Phi) is 3.76. The van der Waals surface area contributed by atoms with Crippen LogP contribution in [0.4, 0.5) is 0 Å². The lowest BCUT2D eigenvalue weighted by molar-refractivity contribution is -0.145. The summed E-state index contributed by atoms with van der Waals surface area (Å²) in [6, 6.07) is -0.523. The van der Waals surface area contributed by atoms with Crippen LogP contribution in [-0.2, 0) is 9.53 Å². The number of ketones is 1. The Bertz CT molecular complexity index is 411. The first-order chi connectivity index (χ1) is 7.52. The normalized spacial score (nSPS) is 12.2. The fraction of sp³-hybridized carbons (Fsp3) is 0.600. The quantitative estimate of drug-likeness (QED) is 0.562. The molecule has 1 atom stereocenters. The van der Waals surface area contributed by atoms with Crippen molar-refractivity contribution in [1.29, 1.82) is 0 Å². The molecule has 0 aliphatic carbocycles. The molecule has 6 nitrogen and oxygen atoms in total. The molecule has 1 unspecified atom stereocenters. The molecule has 6 heteroatoms. The highest BCUT2D eigenvalue weighted by Gasteiger charge is 2.24. The van der Waals surface area contributed by atoms with E-state index in [1.54, 1.807) is 6.92 Å². The molecule has 88 valence electrons. The first-order valence-corrected chi connectivity index (χ1v) is 5.03. The number of carbonyl (C=O) groups excluding carboxylic acids is 2. The topological polar surface area (TPSA) is 74.1 Å². The molecule has 0 amide bonds. The maximum absolute atomic E-state index is 11.5. The summed E-state index contributed by atoms with van der Waals surface area (Å²) in [5, 5.41) is 7.58. The second-order valence-electron chi connectivity index (χ2n) is 3.47. The first-order valence-electron chi connectivity index (χ1n) is 5.03. The standard InChI is InChI=1S/C10H15N3O3/c1-5-8(10(15)16-4)13-6(2)9(7(3)14)11-12-13/h8H,5H2,1-4H3. The molecule has 16 heavy (non-hydrogen) atoms. The molecule has 0 saturated carbocycles. The lowest BCUT2D eigenvalue weighted by atomic mass is 10.2. The van der Waals surface area contributed by atoms with Gasteiger partial charge in [-0.1, -0.05) is 12.1 Å². The Morgan fingerprint density at radius 1 is 1.50 bits per heavy atom. The van der Waals surface area contributed by atoms with Crippen LogP contribution in [-0.4, -0.2) is 33.9 Å². The van der Waals surface area contributed by atoms with Crippen LogP contribution in [0, 0.1) is 6.92 Å². The van der Waals surface area contributed by atoms with Crippen LogP contribution in [0.5, 0.6) is 0 Å². The van der Waals surface area contributed by atoms with Crippen LogP contribution in [0.2, 0.25) is 0 Å². The molecule has 0 N–H and O–H groups in total. The molecule has 0 bridgehead atoms. The summed E-state index contributed by atoms with van der Waals surface area (Å²) in [5.74, 6) is -0.547. The maximum atomic E-state index is 11.5. The molecule has 0 radical (unpaired) electrons. The summed E-state index contributed by atoms with van der Waals surface area (Å²) in [6.45, 7) is 4.97. The van der Waals surface area contributed by atoms with E-state index < -0.39 is 6.04 Å². The van der Waals surface area contributed by atoms with Gasteiger partial charge < -0.3 is 4.74 Å². The van der Waals surface area contributed by atoms with Crippen LogP contribution in [0.25, 0.3) is 0 Å². The fourth-order valence-corrected chi connectivity index (χ4v) is 1.54. The van der Waals surface area contributed by atoms with Gasteiger partial charge >= 0.3 is 5.97 Å². The molecule has 1 rings (SSSR count). The molecule has 0 saturated heterocycles. The third kappa shape index (κ3) is 2.10. The van der Waals surface area contributed by atoms with Crippen LogP contribution < -0.4 is 0 Å². The Labute approximate surface area is 93.6 Å². The second-order valence-corrected chi connectivity index (χ2v) is 3.47. The molecule has 0 spiro atoms. The van der Waals surface area contributed by atoms with Crippen molar-refractivity contribution in [3.63, 3.8) is 0 Å². The van der Waals surface area contributed by atoms with Gasteiger partial charge in [0, 0.05) is 6.92 Å². The Morgan fingerprint density at radius 2 is 2.12 bits per heavy atom. The van der Waals surface area contributed by atoms with Crippen LogP contribution >= 0.6 is 0 Å².